The Hall–Kier alpha value is -2.34. The van der Waals surface area contributed by atoms with Crippen molar-refractivity contribution in [3.63, 3.8) is 0 Å². The molecule has 1 atom stereocenters. The third-order valence-corrected chi connectivity index (χ3v) is 2.67. The van der Waals surface area contributed by atoms with Crippen molar-refractivity contribution in [1.29, 1.82) is 0 Å². The normalized spacial score (nSPS) is 12.3. The molecule has 6 heteroatoms. The van der Waals surface area contributed by atoms with E-state index in [2.05, 4.69) is 10.3 Å². The molecule has 18 heavy (non-hydrogen) atoms. The van der Waals surface area contributed by atoms with Crippen molar-refractivity contribution >= 4 is 28.1 Å². The van der Waals surface area contributed by atoms with E-state index in [-0.39, 0.29) is 6.54 Å². The van der Waals surface area contributed by atoms with E-state index < -0.39 is 12.0 Å². The molecule has 0 aliphatic heterocycles. The van der Waals surface area contributed by atoms with Crippen molar-refractivity contribution < 1.29 is 9.90 Å². The van der Waals surface area contributed by atoms with Crippen molar-refractivity contribution in [3.05, 3.63) is 30.6 Å². The first-order valence-electron chi connectivity index (χ1n) is 5.43. The van der Waals surface area contributed by atoms with E-state index in [1.165, 1.54) is 0 Å². The first-order chi connectivity index (χ1) is 8.59. The average molecular weight is 246 g/mol. The summed E-state index contributed by atoms with van der Waals surface area (Å²) in [5.74, 6) is -0.760. The highest BCUT2D eigenvalue weighted by Crippen LogP contribution is 2.27. The predicted octanol–water partition coefficient (Wildman–Crippen LogP) is 0.0751. The maximum absolute atomic E-state index is 10.7. The summed E-state index contributed by atoms with van der Waals surface area (Å²) in [5, 5.41) is 14.0. The molecular formula is C12H14N4O2. The van der Waals surface area contributed by atoms with Gasteiger partial charge in [-0.2, -0.15) is 0 Å². The van der Waals surface area contributed by atoms with Gasteiger partial charge in [-0.3, -0.25) is 9.78 Å². The van der Waals surface area contributed by atoms with Crippen LogP contribution in [0.25, 0.3) is 10.8 Å². The summed E-state index contributed by atoms with van der Waals surface area (Å²) in [7, 11) is 0. The van der Waals surface area contributed by atoms with Gasteiger partial charge in [0.2, 0.25) is 5.91 Å². The molecule has 0 aliphatic rings. The number of nitrogens with two attached hydrogens (primary N) is 2. The van der Waals surface area contributed by atoms with Crippen molar-refractivity contribution in [2.45, 2.75) is 6.10 Å². The fraction of sp³-hybridized carbons (Fsp3) is 0.167. The number of anilines is 2. The molecule has 6 nitrogen and oxygen atoms in total. The number of primary amides is 1. The molecule has 0 saturated heterocycles. The first-order valence-corrected chi connectivity index (χ1v) is 5.43. The molecule has 1 aromatic heterocycles. The molecule has 1 unspecified atom stereocenters. The minimum Gasteiger partial charge on any atom is -0.398 e. The zero-order chi connectivity index (χ0) is 13.1. The number of nitrogens with zero attached hydrogens (tertiary/aromatic N) is 1. The quantitative estimate of drug-likeness (QED) is 0.570. The summed E-state index contributed by atoms with van der Waals surface area (Å²) in [6.45, 7) is 0.0523. The predicted molar refractivity (Wildman–Crippen MR) is 69.8 cm³/mol. The Morgan fingerprint density at radius 3 is 2.89 bits per heavy atom. The number of hydrogen-bond acceptors (Lipinski definition) is 5. The summed E-state index contributed by atoms with van der Waals surface area (Å²) in [6.07, 6.45) is 2.09. The van der Waals surface area contributed by atoms with Crippen LogP contribution in [-0.4, -0.2) is 28.6 Å². The summed E-state index contributed by atoms with van der Waals surface area (Å²) < 4.78 is 0. The molecule has 1 aromatic carbocycles. The number of hydrogen-bond donors (Lipinski definition) is 4. The van der Waals surface area contributed by atoms with Gasteiger partial charge in [0.15, 0.2) is 0 Å². The van der Waals surface area contributed by atoms with Crippen LogP contribution in [0.2, 0.25) is 0 Å². The van der Waals surface area contributed by atoms with Crippen molar-refractivity contribution in [2.75, 3.05) is 17.6 Å². The molecule has 2 aromatic rings. The SMILES string of the molecule is NC(=O)C(O)CNc1ccc(N)c2cnccc12. The van der Waals surface area contributed by atoms with E-state index in [1.54, 1.807) is 24.5 Å². The average Bonchev–Trinajstić information content (AvgIpc) is 2.38. The lowest BCUT2D eigenvalue weighted by atomic mass is 10.1. The van der Waals surface area contributed by atoms with Crippen LogP contribution in [0.1, 0.15) is 0 Å². The fourth-order valence-corrected chi connectivity index (χ4v) is 1.67. The van der Waals surface area contributed by atoms with Gasteiger partial charge in [-0.25, -0.2) is 0 Å². The number of amides is 1. The second-order valence-electron chi connectivity index (χ2n) is 3.92. The van der Waals surface area contributed by atoms with Gasteiger partial charge >= 0.3 is 0 Å². The third kappa shape index (κ3) is 2.33. The zero-order valence-corrected chi connectivity index (χ0v) is 9.63. The topological polar surface area (TPSA) is 114 Å². The van der Waals surface area contributed by atoms with Gasteiger partial charge in [0, 0.05) is 41.1 Å². The first kappa shape index (κ1) is 12.1. The number of nitrogens with one attached hydrogen (secondary N) is 1. The number of carbonyl (C=O) groups is 1. The molecule has 0 saturated carbocycles. The van der Waals surface area contributed by atoms with Crippen LogP contribution in [0.3, 0.4) is 0 Å². The molecule has 1 heterocycles. The molecule has 0 bridgehead atoms. The zero-order valence-electron chi connectivity index (χ0n) is 9.63. The number of benzene rings is 1. The van der Waals surface area contributed by atoms with Crippen molar-refractivity contribution in [1.82, 2.24) is 4.98 Å². The lowest BCUT2D eigenvalue weighted by molar-refractivity contribution is -0.125. The molecular weight excluding hydrogens is 232 g/mol. The summed E-state index contributed by atoms with van der Waals surface area (Å²) in [4.78, 5) is 14.7. The van der Waals surface area contributed by atoms with E-state index in [0.717, 1.165) is 16.5 Å². The number of aromatic nitrogens is 1. The molecule has 0 fully saturated rings. The van der Waals surface area contributed by atoms with Gasteiger partial charge in [-0.05, 0) is 18.2 Å². The summed E-state index contributed by atoms with van der Waals surface area (Å²) in [5.41, 5.74) is 12.2. The Labute approximate surface area is 104 Å². The van der Waals surface area contributed by atoms with Gasteiger partial charge in [0.25, 0.3) is 0 Å². The highest BCUT2D eigenvalue weighted by molar-refractivity contribution is 6.00. The lowest BCUT2D eigenvalue weighted by Crippen LogP contribution is -2.34. The molecule has 0 spiro atoms. The van der Waals surface area contributed by atoms with Gasteiger partial charge in [0.05, 0.1) is 0 Å². The highest BCUT2D eigenvalue weighted by Gasteiger charge is 2.11. The fourth-order valence-electron chi connectivity index (χ4n) is 1.67. The Bertz CT molecular complexity index is 585. The van der Waals surface area contributed by atoms with E-state index in [1.807, 2.05) is 6.07 Å². The van der Waals surface area contributed by atoms with E-state index in [0.29, 0.717) is 5.69 Å². The van der Waals surface area contributed by atoms with Crippen LogP contribution < -0.4 is 16.8 Å². The van der Waals surface area contributed by atoms with E-state index in [9.17, 15) is 9.90 Å². The second kappa shape index (κ2) is 4.89. The monoisotopic (exact) mass is 246 g/mol. The van der Waals surface area contributed by atoms with Crippen LogP contribution in [0.4, 0.5) is 11.4 Å². The van der Waals surface area contributed by atoms with Gasteiger partial charge in [-0.1, -0.05) is 0 Å². The number of nitrogen functional groups attached to an aromatic ring is 1. The molecule has 6 N–H and O–H groups in total. The van der Waals surface area contributed by atoms with Gasteiger partial charge in [0.1, 0.15) is 6.10 Å². The summed E-state index contributed by atoms with van der Waals surface area (Å²) >= 11 is 0. The molecule has 0 aliphatic carbocycles. The minimum atomic E-state index is -1.22. The van der Waals surface area contributed by atoms with Crippen molar-refractivity contribution in [2.24, 2.45) is 5.73 Å². The Morgan fingerprint density at radius 1 is 1.39 bits per heavy atom. The Kier molecular flexibility index (Phi) is 3.29. The van der Waals surface area contributed by atoms with Crippen molar-refractivity contribution in [3.8, 4) is 0 Å². The smallest absolute Gasteiger partial charge is 0.248 e. The lowest BCUT2D eigenvalue weighted by Gasteiger charge is -2.12. The largest absolute Gasteiger partial charge is 0.398 e. The van der Waals surface area contributed by atoms with Crippen LogP contribution >= 0.6 is 0 Å². The number of aliphatic hydroxyl groups excluding tert-OH is 1. The molecule has 1 amide bonds. The Balaban J connectivity index is 2.29. The van der Waals surface area contributed by atoms with Crippen LogP contribution in [0.15, 0.2) is 30.6 Å². The maximum atomic E-state index is 10.7. The van der Waals surface area contributed by atoms with Gasteiger partial charge in [-0.15, -0.1) is 0 Å². The highest BCUT2D eigenvalue weighted by atomic mass is 16.3. The Morgan fingerprint density at radius 2 is 2.17 bits per heavy atom. The van der Waals surface area contributed by atoms with Crippen LogP contribution in [0, 0.1) is 0 Å². The number of aliphatic hydroxyl groups is 1. The number of pyridine rings is 1. The van der Waals surface area contributed by atoms with Crippen LogP contribution in [0.5, 0.6) is 0 Å². The van der Waals surface area contributed by atoms with E-state index >= 15 is 0 Å². The number of rotatable bonds is 4. The molecule has 94 valence electrons. The standard InChI is InChI=1S/C12H14N4O2/c13-9-1-2-10(16-6-11(17)12(14)18)7-3-4-15-5-8(7)9/h1-5,11,16-17H,6,13H2,(H2,14,18). The second-order valence-corrected chi connectivity index (χ2v) is 3.92. The minimum absolute atomic E-state index is 0.0523. The third-order valence-electron chi connectivity index (χ3n) is 2.67. The summed E-state index contributed by atoms with van der Waals surface area (Å²) in [6, 6.07) is 5.33. The molecule has 2 rings (SSSR count). The number of fused-ring (bicyclic) bond motifs is 1. The van der Waals surface area contributed by atoms with Crippen LogP contribution in [-0.2, 0) is 4.79 Å². The van der Waals surface area contributed by atoms with Gasteiger partial charge < -0.3 is 21.9 Å². The number of carbonyl (C=O) groups excluding carboxylic acids is 1. The van der Waals surface area contributed by atoms with E-state index in [4.69, 9.17) is 11.5 Å². The maximum Gasteiger partial charge on any atom is 0.248 e. The molecule has 0 radical (unpaired) electrons.